The van der Waals surface area contributed by atoms with Gasteiger partial charge in [0.1, 0.15) is 0 Å². The number of imidazole rings is 1. The van der Waals surface area contributed by atoms with Crippen molar-refractivity contribution in [2.24, 2.45) is 0 Å². The minimum atomic E-state index is -0.671. The summed E-state index contributed by atoms with van der Waals surface area (Å²) in [6.45, 7) is 0.555. The van der Waals surface area contributed by atoms with Crippen molar-refractivity contribution < 1.29 is 9.63 Å². The highest BCUT2D eigenvalue weighted by Gasteiger charge is 2.45. The molecule has 82 valence electrons. The molecule has 1 aromatic heterocycles. The smallest absolute Gasteiger partial charge is 0.275 e. The summed E-state index contributed by atoms with van der Waals surface area (Å²) in [6, 6.07) is 0. The van der Waals surface area contributed by atoms with Crippen molar-refractivity contribution in [1.82, 2.24) is 14.6 Å². The van der Waals surface area contributed by atoms with Crippen LogP contribution in [0, 0.1) is 0 Å². The van der Waals surface area contributed by atoms with Gasteiger partial charge >= 0.3 is 0 Å². The lowest BCUT2D eigenvalue weighted by atomic mass is 10.4. The molecule has 1 aliphatic heterocycles. The standard InChI is InChI=1S/C8H10BrN3O2S/c1-11(14-2)7(13)8(9)4-12-5-10-3-6(12)15-8/h3,5H,4H2,1-2H3. The van der Waals surface area contributed by atoms with Gasteiger partial charge in [-0.1, -0.05) is 27.7 Å². The molecular formula is C8H10BrN3O2S. The second-order valence-corrected chi connectivity index (χ2v) is 6.37. The fourth-order valence-corrected chi connectivity index (χ4v) is 3.47. The maximum absolute atomic E-state index is 12.0. The lowest BCUT2D eigenvalue weighted by molar-refractivity contribution is -0.168. The number of hydrogen-bond acceptors (Lipinski definition) is 4. The summed E-state index contributed by atoms with van der Waals surface area (Å²) in [4.78, 5) is 20.8. The van der Waals surface area contributed by atoms with Crippen LogP contribution in [0.2, 0.25) is 0 Å². The van der Waals surface area contributed by atoms with E-state index in [1.807, 2.05) is 4.57 Å². The Bertz CT molecular complexity index is 374. The highest BCUT2D eigenvalue weighted by Crippen LogP contribution is 2.46. The molecule has 1 unspecified atom stereocenters. The van der Waals surface area contributed by atoms with Gasteiger partial charge in [0.05, 0.1) is 31.2 Å². The van der Waals surface area contributed by atoms with E-state index in [0.717, 1.165) is 5.03 Å². The first kappa shape index (κ1) is 11.0. The molecule has 1 aliphatic rings. The van der Waals surface area contributed by atoms with Crippen molar-refractivity contribution in [3.8, 4) is 0 Å². The Balaban J connectivity index is 2.18. The van der Waals surface area contributed by atoms with E-state index in [-0.39, 0.29) is 5.91 Å². The molecule has 0 N–H and O–H groups in total. The average Bonchev–Trinajstić information content (AvgIpc) is 2.73. The molecular weight excluding hydrogens is 282 g/mol. The van der Waals surface area contributed by atoms with E-state index in [1.54, 1.807) is 19.6 Å². The minimum Gasteiger partial charge on any atom is -0.323 e. The third-order valence-electron chi connectivity index (χ3n) is 2.19. The van der Waals surface area contributed by atoms with Gasteiger partial charge in [-0.3, -0.25) is 9.63 Å². The number of alkyl halides is 1. The topological polar surface area (TPSA) is 47.4 Å². The third-order valence-corrected chi connectivity index (χ3v) is 4.45. The zero-order valence-corrected chi connectivity index (χ0v) is 10.7. The average molecular weight is 292 g/mol. The summed E-state index contributed by atoms with van der Waals surface area (Å²) in [7, 11) is 3.06. The normalized spacial score (nSPS) is 23.9. The first-order chi connectivity index (χ1) is 7.07. The van der Waals surface area contributed by atoms with Crippen molar-refractivity contribution >= 4 is 33.6 Å². The van der Waals surface area contributed by atoms with E-state index >= 15 is 0 Å². The predicted molar refractivity (Wildman–Crippen MR) is 59.5 cm³/mol. The number of hydroxylamine groups is 2. The molecule has 1 atom stereocenters. The van der Waals surface area contributed by atoms with Crippen molar-refractivity contribution in [3.63, 3.8) is 0 Å². The predicted octanol–water partition coefficient (Wildman–Crippen LogP) is 1.10. The van der Waals surface area contributed by atoms with Crippen LogP contribution in [0.25, 0.3) is 0 Å². The SMILES string of the molecule is CON(C)C(=O)C1(Br)Cn2cncc2S1. The minimum absolute atomic E-state index is 0.112. The Kier molecular flexibility index (Phi) is 2.78. The Morgan fingerprint density at radius 3 is 3.20 bits per heavy atom. The molecule has 0 fully saturated rings. The first-order valence-electron chi connectivity index (χ1n) is 4.27. The monoisotopic (exact) mass is 291 g/mol. The second-order valence-electron chi connectivity index (χ2n) is 3.18. The highest BCUT2D eigenvalue weighted by atomic mass is 79.9. The Labute approximate surface area is 99.9 Å². The second kappa shape index (κ2) is 3.80. The Hall–Kier alpha value is -0.530. The zero-order chi connectivity index (χ0) is 11.1. The summed E-state index contributed by atoms with van der Waals surface area (Å²) in [5.41, 5.74) is 0. The van der Waals surface area contributed by atoms with Gasteiger partial charge in [0.15, 0.2) is 3.66 Å². The molecule has 0 aromatic carbocycles. The van der Waals surface area contributed by atoms with Crippen molar-refractivity contribution in [3.05, 3.63) is 12.5 Å². The Morgan fingerprint density at radius 2 is 2.60 bits per heavy atom. The molecule has 1 aromatic rings. The molecule has 5 nitrogen and oxygen atoms in total. The van der Waals surface area contributed by atoms with Crippen LogP contribution in [0.15, 0.2) is 17.6 Å². The fraction of sp³-hybridized carbons (Fsp3) is 0.500. The number of nitrogens with zero attached hydrogens (tertiary/aromatic N) is 3. The summed E-state index contributed by atoms with van der Waals surface area (Å²) in [6.07, 6.45) is 3.46. The van der Waals surface area contributed by atoms with Gasteiger partial charge in [-0.05, 0) is 0 Å². The van der Waals surface area contributed by atoms with Crippen LogP contribution in [0.5, 0.6) is 0 Å². The van der Waals surface area contributed by atoms with Crippen LogP contribution in [-0.4, -0.2) is 38.3 Å². The quantitative estimate of drug-likeness (QED) is 0.605. The van der Waals surface area contributed by atoms with Crippen LogP contribution in [0.1, 0.15) is 0 Å². The Morgan fingerprint density at radius 1 is 1.87 bits per heavy atom. The summed E-state index contributed by atoms with van der Waals surface area (Å²) in [5, 5.41) is 2.20. The number of aromatic nitrogens is 2. The highest BCUT2D eigenvalue weighted by molar-refractivity contribution is 9.12. The van der Waals surface area contributed by atoms with Gasteiger partial charge in [-0.2, -0.15) is 0 Å². The van der Waals surface area contributed by atoms with Crippen molar-refractivity contribution in [1.29, 1.82) is 0 Å². The molecule has 2 heterocycles. The van der Waals surface area contributed by atoms with Gasteiger partial charge in [0, 0.05) is 7.05 Å². The van der Waals surface area contributed by atoms with Gasteiger partial charge < -0.3 is 4.57 Å². The summed E-state index contributed by atoms with van der Waals surface area (Å²) >= 11 is 4.90. The summed E-state index contributed by atoms with van der Waals surface area (Å²) < 4.78 is 1.26. The third kappa shape index (κ3) is 1.79. The molecule has 0 saturated heterocycles. The van der Waals surface area contributed by atoms with E-state index in [0.29, 0.717) is 6.54 Å². The molecule has 15 heavy (non-hydrogen) atoms. The lowest BCUT2D eigenvalue weighted by Crippen LogP contribution is -2.40. The van der Waals surface area contributed by atoms with Crippen LogP contribution in [0.4, 0.5) is 0 Å². The number of carbonyl (C=O) groups is 1. The van der Waals surface area contributed by atoms with E-state index in [1.165, 1.54) is 23.9 Å². The molecule has 0 radical (unpaired) electrons. The molecule has 2 rings (SSSR count). The number of thioether (sulfide) groups is 1. The zero-order valence-electron chi connectivity index (χ0n) is 8.31. The van der Waals surface area contributed by atoms with Crippen LogP contribution in [0.3, 0.4) is 0 Å². The van der Waals surface area contributed by atoms with E-state index in [4.69, 9.17) is 4.84 Å². The molecule has 0 spiro atoms. The van der Waals surface area contributed by atoms with E-state index < -0.39 is 3.66 Å². The van der Waals surface area contributed by atoms with Gasteiger partial charge in [-0.15, -0.1) is 0 Å². The van der Waals surface area contributed by atoms with E-state index in [2.05, 4.69) is 20.9 Å². The summed E-state index contributed by atoms with van der Waals surface area (Å²) in [5.74, 6) is -0.112. The van der Waals surface area contributed by atoms with Gasteiger partial charge in [0.25, 0.3) is 5.91 Å². The fourth-order valence-electron chi connectivity index (χ4n) is 1.36. The number of fused-ring (bicyclic) bond motifs is 1. The van der Waals surface area contributed by atoms with Crippen molar-refractivity contribution in [2.45, 2.75) is 15.2 Å². The van der Waals surface area contributed by atoms with Gasteiger partial charge in [0.2, 0.25) is 0 Å². The van der Waals surface area contributed by atoms with E-state index in [9.17, 15) is 4.79 Å². The number of carbonyl (C=O) groups excluding carboxylic acids is 1. The van der Waals surface area contributed by atoms with Crippen LogP contribution < -0.4 is 0 Å². The van der Waals surface area contributed by atoms with Gasteiger partial charge in [-0.25, -0.2) is 10.0 Å². The molecule has 0 aliphatic carbocycles. The van der Waals surface area contributed by atoms with Crippen LogP contribution >= 0.6 is 27.7 Å². The number of halogens is 1. The maximum Gasteiger partial charge on any atom is 0.275 e. The maximum atomic E-state index is 12.0. The molecule has 1 amide bonds. The molecule has 7 heteroatoms. The number of rotatable bonds is 2. The molecule has 0 bridgehead atoms. The molecule has 0 saturated carbocycles. The largest absolute Gasteiger partial charge is 0.323 e. The van der Waals surface area contributed by atoms with Crippen molar-refractivity contribution in [2.75, 3.05) is 14.2 Å². The number of amides is 1. The first-order valence-corrected chi connectivity index (χ1v) is 5.88. The lowest BCUT2D eigenvalue weighted by Gasteiger charge is -2.23. The van der Waals surface area contributed by atoms with Crippen LogP contribution in [-0.2, 0) is 16.2 Å². The number of hydrogen-bond donors (Lipinski definition) is 0.